The standard InChI is InChI=1S/C18H22N4O3/c1-13-11-16(22-9-7-21(8-10-22)12-17(23)24)20-18(19-13)14-3-5-15(25-2)6-4-14/h3-6,11H,7-10,12H2,1-2H3,(H,23,24). The van der Waals surface area contributed by atoms with Crippen LogP contribution < -0.4 is 9.64 Å². The Morgan fingerprint density at radius 2 is 1.84 bits per heavy atom. The number of carboxylic acid groups (broad SMARTS) is 1. The van der Waals surface area contributed by atoms with Crippen molar-refractivity contribution in [2.24, 2.45) is 0 Å². The number of anilines is 1. The van der Waals surface area contributed by atoms with Crippen LogP contribution in [0.25, 0.3) is 11.4 Å². The van der Waals surface area contributed by atoms with Gasteiger partial charge in [-0.2, -0.15) is 0 Å². The second-order valence-corrected chi connectivity index (χ2v) is 6.08. The van der Waals surface area contributed by atoms with Crippen LogP contribution in [0.1, 0.15) is 5.69 Å². The van der Waals surface area contributed by atoms with Crippen molar-refractivity contribution < 1.29 is 14.6 Å². The zero-order valence-corrected chi connectivity index (χ0v) is 14.5. The van der Waals surface area contributed by atoms with Crippen LogP contribution in [-0.2, 0) is 4.79 Å². The minimum atomic E-state index is -0.784. The van der Waals surface area contributed by atoms with Crippen LogP contribution in [0, 0.1) is 6.92 Å². The normalized spacial score (nSPS) is 15.2. The van der Waals surface area contributed by atoms with Crippen molar-refractivity contribution in [3.05, 3.63) is 36.0 Å². The van der Waals surface area contributed by atoms with E-state index in [0.717, 1.165) is 35.9 Å². The third-order valence-electron chi connectivity index (χ3n) is 4.24. The molecule has 1 aromatic carbocycles. The molecule has 25 heavy (non-hydrogen) atoms. The molecule has 3 rings (SSSR count). The molecule has 2 aromatic rings. The number of ether oxygens (including phenoxy) is 1. The molecule has 0 amide bonds. The summed E-state index contributed by atoms with van der Waals surface area (Å²) in [6.07, 6.45) is 0. The van der Waals surface area contributed by atoms with Crippen molar-refractivity contribution in [1.82, 2.24) is 14.9 Å². The first-order chi connectivity index (χ1) is 12.0. The first-order valence-corrected chi connectivity index (χ1v) is 8.24. The topological polar surface area (TPSA) is 78.8 Å². The van der Waals surface area contributed by atoms with Crippen molar-refractivity contribution in [3.8, 4) is 17.1 Å². The Morgan fingerprint density at radius 3 is 2.44 bits per heavy atom. The minimum absolute atomic E-state index is 0.0910. The fraction of sp³-hybridized carbons (Fsp3) is 0.389. The molecule has 1 aliphatic rings. The Kier molecular flexibility index (Phi) is 5.14. The van der Waals surface area contributed by atoms with Gasteiger partial charge >= 0.3 is 5.97 Å². The summed E-state index contributed by atoms with van der Waals surface area (Å²) in [5.41, 5.74) is 1.85. The molecule has 1 aliphatic heterocycles. The summed E-state index contributed by atoms with van der Waals surface area (Å²) in [6, 6.07) is 9.65. The van der Waals surface area contributed by atoms with Crippen molar-refractivity contribution in [1.29, 1.82) is 0 Å². The van der Waals surface area contributed by atoms with E-state index in [9.17, 15) is 4.79 Å². The summed E-state index contributed by atoms with van der Waals surface area (Å²) in [5.74, 6) is 1.58. The number of rotatable bonds is 5. The van der Waals surface area contributed by atoms with Crippen LogP contribution >= 0.6 is 0 Å². The summed E-state index contributed by atoms with van der Waals surface area (Å²) < 4.78 is 5.19. The minimum Gasteiger partial charge on any atom is -0.497 e. The van der Waals surface area contributed by atoms with E-state index < -0.39 is 5.97 Å². The number of carboxylic acids is 1. The van der Waals surface area contributed by atoms with E-state index in [1.807, 2.05) is 42.2 Å². The fourth-order valence-corrected chi connectivity index (χ4v) is 2.91. The highest BCUT2D eigenvalue weighted by atomic mass is 16.5. The lowest BCUT2D eigenvalue weighted by Gasteiger charge is -2.34. The fourth-order valence-electron chi connectivity index (χ4n) is 2.91. The largest absolute Gasteiger partial charge is 0.497 e. The number of hydrogen-bond acceptors (Lipinski definition) is 6. The van der Waals surface area contributed by atoms with Crippen LogP contribution in [-0.4, -0.2) is 65.8 Å². The van der Waals surface area contributed by atoms with Crippen LogP contribution in [0.4, 0.5) is 5.82 Å². The maximum Gasteiger partial charge on any atom is 0.317 e. The SMILES string of the molecule is COc1ccc(-c2nc(C)cc(N3CCN(CC(=O)O)CC3)n2)cc1. The van der Waals surface area contributed by atoms with E-state index in [-0.39, 0.29) is 6.54 Å². The molecule has 132 valence electrons. The molecule has 2 heterocycles. The number of hydrogen-bond donors (Lipinski definition) is 1. The Morgan fingerprint density at radius 1 is 1.16 bits per heavy atom. The molecule has 0 saturated carbocycles. The molecular formula is C18H22N4O3. The van der Waals surface area contributed by atoms with Gasteiger partial charge in [-0.1, -0.05) is 0 Å². The maximum atomic E-state index is 10.8. The Balaban J connectivity index is 1.76. The molecule has 1 aromatic heterocycles. The monoisotopic (exact) mass is 342 g/mol. The summed E-state index contributed by atoms with van der Waals surface area (Å²) in [6.45, 7) is 4.99. The Labute approximate surface area is 146 Å². The van der Waals surface area contributed by atoms with Crippen molar-refractivity contribution in [2.75, 3.05) is 44.7 Å². The van der Waals surface area contributed by atoms with E-state index in [1.54, 1.807) is 7.11 Å². The van der Waals surface area contributed by atoms with Crippen molar-refractivity contribution in [2.45, 2.75) is 6.92 Å². The third kappa shape index (κ3) is 4.24. The molecular weight excluding hydrogens is 320 g/mol. The maximum absolute atomic E-state index is 10.8. The molecule has 7 heteroatoms. The molecule has 1 fully saturated rings. The molecule has 1 N–H and O–H groups in total. The van der Waals surface area contributed by atoms with E-state index >= 15 is 0 Å². The van der Waals surface area contributed by atoms with Crippen LogP contribution in [0.2, 0.25) is 0 Å². The lowest BCUT2D eigenvalue weighted by molar-refractivity contribution is -0.138. The van der Waals surface area contributed by atoms with Gasteiger partial charge in [0.1, 0.15) is 11.6 Å². The molecule has 0 aliphatic carbocycles. The zero-order chi connectivity index (χ0) is 17.8. The summed E-state index contributed by atoms with van der Waals surface area (Å²) in [5, 5.41) is 8.90. The first-order valence-electron chi connectivity index (χ1n) is 8.24. The zero-order valence-electron chi connectivity index (χ0n) is 14.5. The number of carbonyl (C=O) groups is 1. The molecule has 0 unspecified atom stereocenters. The van der Waals surface area contributed by atoms with E-state index in [0.29, 0.717) is 18.9 Å². The van der Waals surface area contributed by atoms with Crippen LogP contribution in [0.5, 0.6) is 5.75 Å². The van der Waals surface area contributed by atoms with Gasteiger partial charge in [0.2, 0.25) is 0 Å². The van der Waals surface area contributed by atoms with E-state index in [2.05, 4.69) is 9.88 Å². The average molecular weight is 342 g/mol. The number of methoxy groups -OCH3 is 1. The second kappa shape index (κ2) is 7.48. The smallest absolute Gasteiger partial charge is 0.317 e. The number of benzene rings is 1. The van der Waals surface area contributed by atoms with Gasteiger partial charge in [0.05, 0.1) is 13.7 Å². The van der Waals surface area contributed by atoms with Crippen molar-refractivity contribution >= 4 is 11.8 Å². The Hall–Kier alpha value is -2.67. The highest BCUT2D eigenvalue weighted by molar-refractivity contribution is 5.69. The highest BCUT2D eigenvalue weighted by Crippen LogP contribution is 2.23. The van der Waals surface area contributed by atoms with Gasteiger partial charge in [0, 0.05) is 43.5 Å². The molecule has 0 radical (unpaired) electrons. The van der Waals surface area contributed by atoms with E-state index in [1.165, 1.54) is 0 Å². The summed E-state index contributed by atoms with van der Waals surface area (Å²) in [7, 11) is 1.64. The molecule has 0 spiro atoms. The number of aliphatic carboxylic acids is 1. The van der Waals surface area contributed by atoms with Crippen LogP contribution in [0.15, 0.2) is 30.3 Å². The highest BCUT2D eigenvalue weighted by Gasteiger charge is 2.20. The van der Waals surface area contributed by atoms with Gasteiger partial charge in [-0.3, -0.25) is 9.69 Å². The van der Waals surface area contributed by atoms with Crippen molar-refractivity contribution in [3.63, 3.8) is 0 Å². The predicted molar refractivity (Wildman–Crippen MR) is 95.0 cm³/mol. The van der Waals surface area contributed by atoms with Gasteiger partial charge in [0.15, 0.2) is 5.82 Å². The Bertz CT molecular complexity index is 740. The summed E-state index contributed by atoms with van der Waals surface area (Å²) in [4.78, 5) is 24.2. The quantitative estimate of drug-likeness (QED) is 0.885. The summed E-state index contributed by atoms with van der Waals surface area (Å²) >= 11 is 0. The van der Waals surface area contributed by atoms with Crippen LogP contribution in [0.3, 0.4) is 0 Å². The first kappa shape index (κ1) is 17.2. The molecule has 0 bridgehead atoms. The van der Waals surface area contributed by atoms with Gasteiger partial charge < -0.3 is 14.7 Å². The molecule has 0 atom stereocenters. The number of nitrogens with zero attached hydrogens (tertiary/aromatic N) is 4. The number of aryl methyl sites for hydroxylation is 1. The van der Waals surface area contributed by atoms with Gasteiger partial charge in [0.25, 0.3) is 0 Å². The molecule has 7 nitrogen and oxygen atoms in total. The third-order valence-corrected chi connectivity index (χ3v) is 4.24. The lowest BCUT2D eigenvalue weighted by atomic mass is 10.2. The van der Waals surface area contributed by atoms with Gasteiger partial charge in [-0.15, -0.1) is 0 Å². The predicted octanol–water partition coefficient (Wildman–Crippen LogP) is 1.67. The van der Waals surface area contributed by atoms with E-state index in [4.69, 9.17) is 14.8 Å². The number of aromatic nitrogens is 2. The number of piperazine rings is 1. The average Bonchev–Trinajstić information content (AvgIpc) is 2.61. The van der Waals surface area contributed by atoms with Gasteiger partial charge in [-0.25, -0.2) is 9.97 Å². The second-order valence-electron chi connectivity index (χ2n) is 6.08. The molecule has 1 saturated heterocycles. The lowest BCUT2D eigenvalue weighted by Crippen LogP contribution is -2.48. The van der Waals surface area contributed by atoms with Gasteiger partial charge in [-0.05, 0) is 31.2 Å².